The first-order valence-corrected chi connectivity index (χ1v) is 10.4. The first-order chi connectivity index (χ1) is 12.3. The van der Waals surface area contributed by atoms with Gasteiger partial charge in [0.05, 0.1) is 30.6 Å². The molecular weight excluding hydrogens is 420 g/mol. The van der Waals surface area contributed by atoms with Crippen LogP contribution in [0.1, 0.15) is 11.3 Å². The number of pyridine rings is 1. The molecule has 3 rings (SSSR count). The van der Waals surface area contributed by atoms with E-state index in [0.717, 1.165) is 22.1 Å². The van der Waals surface area contributed by atoms with Crippen LogP contribution in [0.2, 0.25) is 0 Å². The van der Waals surface area contributed by atoms with Gasteiger partial charge in [-0.05, 0) is 39.7 Å². The molecule has 7 nitrogen and oxygen atoms in total. The van der Waals surface area contributed by atoms with Crippen LogP contribution in [0.15, 0.2) is 53.3 Å². The number of anilines is 1. The fraction of sp³-hybridized carbons (Fsp3) is 0.176. The van der Waals surface area contributed by atoms with Crippen LogP contribution in [-0.2, 0) is 27.8 Å². The molecule has 1 aromatic carbocycles. The number of carbonyl (C=O) groups is 1. The number of imidazole rings is 1. The van der Waals surface area contributed by atoms with Crippen LogP contribution in [0.3, 0.4) is 0 Å². The summed E-state index contributed by atoms with van der Waals surface area (Å²) in [6.07, 6.45) is 4.88. The number of hydrogen-bond acceptors (Lipinski definition) is 4. The Morgan fingerprint density at radius 2 is 1.96 bits per heavy atom. The maximum atomic E-state index is 12.2. The van der Waals surface area contributed by atoms with Gasteiger partial charge < -0.3 is 9.72 Å². The zero-order valence-electron chi connectivity index (χ0n) is 13.9. The summed E-state index contributed by atoms with van der Waals surface area (Å²) >= 11 is 3.40. The second-order valence-electron chi connectivity index (χ2n) is 5.83. The van der Waals surface area contributed by atoms with Crippen molar-refractivity contribution in [3.63, 3.8) is 0 Å². The minimum Gasteiger partial charge on any atom is -0.350 e. The molecule has 0 aliphatic rings. The lowest BCUT2D eigenvalue weighted by Crippen LogP contribution is -2.25. The average molecular weight is 437 g/mol. The molecule has 0 radical (unpaired) electrons. The summed E-state index contributed by atoms with van der Waals surface area (Å²) in [5, 5.41) is 2.81. The Morgan fingerprint density at radius 3 is 2.73 bits per heavy atom. The average Bonchev–Trinajstić information content (AvgIpc) is 2.95. The van der Waals surface area contributed by atoms with Crippen LogP contribution in [0.4, 0.5) is 5.69 Å². The lowest BCUT2D eigenvalue weighted by Gasteiger charge is -2.10. The Bertz CT molecular complexity index is 1060. The molecular formula is C17H17BrN4O3S. The van der Waals surface area contributed by atoms with E-state index in [1.807, 2.05) is 28.9 Å². The molecule has 1 amide bonds. The summed E-state index contributed by atoms with van der Waals surface area (Å²) in [6, 6.07) is 10.6. The van der Waals surface area contributed by atoms with Gasteiger partial charge in [0.1, 0.15) is 5.65 Å². The van der Waals surface area contributed by atoms with Crippen molar-refractivity contribution in [3.8, 4) is 0 Å². The standard InChI is InChI=1S/C17H17BrN4O3S/c1-26(24,25)21-15-5-3-2-4-12(15)8-17(23)19-9-14-11-22-10-13(18)6-7-16(22)20-14/h2-7,10-11,21H,8-9H2,1H3,(H,19,23). The number of fused-ring (bicyclic) bond motifs is 1. The van der Waals surface area contributed by atoms with Gasteiger partial charge in [-0.25, -0.2) is 13.4 Å². The number of para-hydroxylation sites is 1. The molecule has 3 aromatic rings. The molecule has 0 aliphatic carbocycles. The molecule has 9 heteroatoms. The van der Waals surface area contributed by atoms with E-state index in [-0.39, 0.29) is 12.3 Å². The number of halogens is 1. The number of amides is 1. The van der Waals surface area contributed by atoms with Crippen molar-refractivity contribution in [3.05, 3.63) is 64.5 Å². The molecule has 26 heavy (non-hydrogen) atoms. The Kier molecular flexibility index (Phi) is 5.28. The maximum absolute atomic E-state index is 12.2. The summed E-state index contributed by atoms with van der Waals surface area (Å²) in [5.41, 5.74) is 2.54. The Hall–Kier alpha value is -2.39. The van der Waals surface area contributed by atoms with Crippen molar-refractivity contribution in [2.24, 2.45) is 0 Å². The van der Waals surface area contributed by atoms with E-state index in [4.69, 9.17) is 0 Å². The van der Waals surface area contributed by atoms with Crippen LogP contribution in [0.5, 0.6) is 0 Å². The molecule has 0 aliphatic heterocycles. The number of carbonyl (C=O) groups excluding carboxylic acids is 1. The number of aromatic nitrogens is 2. The van der Waals surface area contributed by atoms with E-state index in [2.05, 4.69) is 31.0 Å². The zero-order valence-corrected chi connectivity index (χ0v) is 16.3. The molecule has 0 unspecified atom stereocenters. The Balaban J connectivity index is 1.65. The Morgan fingerprint density at radius 1 is 1.19 bits per heavy atom. The molecule has 0 saturated heterocycles. The largest absolute Gasteiger partial charge is 0.350 e. The van der Waals surface area contributed by atoms with Gasteiger partial charge in [-0.2, -0.15) is 0 Å². The van der Waals surface area contributed by atoms with Crippen molar-refractivity contribution in [1.29, 1.82) is 0 Å². The van der Waals surface area contributed by atoms with Gasteiger partial charge >= 0.3 is 0 Å². The van der Waals surface area contributed by atoms with Gasteiger partial charge in [0, 0.05) is 16.9 Å². The van der Waals surface area contributed by atoms with E-state index in [0.29, 0.717) is 17.8 Å². The third kappa shape index (κ3) is 4.83. The topological polar surface area (TPSA) is 92.6 Å². The van der Waals surface area contributed by atoms with Crippen LogP contribution in [0.25, 0.3) is 5.65 Å². The minimum atomic E-state index is -3.41. The zero-order chi connectivity index (χ0) is 18.7. The SMILES string of the molecule is CS(=O)(=O)Nc1ccccc1CC(=O)NCc1cn2cc(Br)ccc2n1. The van der Waals surface area contributed by atoms with Gasteiger partial charge in [0.15, 0.2) is 0 Å². The lowest BCUT2D eigenvalue weighted by molar-refractivity contribution is -0.120. The van der Waals surface area contributed by atoms with E-state index in [9.17, 15) is 13.2 Å². The number of hydrogen-bond donors (Lipinski definition) is 2. The second kappa shape index (κ2) is 7.46. The van der Waals surface area contributed by atoms with Crippen molar-refractivity contribution >= 4 is 43.2 Å². The number of nitrogens with zero attached hydrogens (tertiary/aromatic N) is 2. The van der Waals surface area contributed by atoms with Crippen LogP contribution in [0, 0.1) is 0 Å². The number of sulfonamides is 1. The third-order valence-corrected chi connectivity index (χ3v) is 4.66. The number of nitrogens with one attached hydrogen (secondary N) is 2. The molecule has 2 aromatic heterocycles. The quantitative estimate of drug-likeness (QED) is 0.619. The third-order valence-electron chi connectivity index (χ3n) is 3.60. The highest BCUT2D eigenvalue weighted by Gasteiger charge is 2.11. The molecule has 2 N–H and O–H groups in total. The fourth-order valence-electron chi connectivity index (χ4n) is 2.50. The van der Waals surface area contributed by atoms with E-state index in [1.54, 1.807) is 24.3 Å². The number of rotatable bonds is 6. The molecule has 0 fully saturated rings. The molecule has 0 saturated carbocycles. The summed E-state index contributed by atoms with van der Waals surface area (Å²) < 4.78 is 28.1. The number of benzene rings is 1. The first kappa shape index (κ1) is 18.4. The Labute approximate surface area is 159 Å². The molecule has 2 heterocycles. The van der Waals surface area contributed by atoms with Crippen LogP contribution >= 0.6 is 15.9 Å². The smallest absolute Gasteiger partial charge is 0.229 e. The fourth-order valence-corrected chi connectivity index (χ4v) is 3.45. The van der Waals surface area contributed by atoms with Crippen LogP contribution < -0.4 is 10.0 Å². The summed E-state index contributed by atoms with van der Waals surface area (Å²) in [7, 11) is -3.41. The molecule has 136 valence electrons. The highest BCUT2D eigenvalue weighted by atomic mass is 79.9. The first-order valence-electron chi connectivity index (χ1n) is 7.76. The van der Waals surface area contributed by atoms with E-state index >= 15 is 0 Å². The van der Waals surface area contributed by atoms with Crippen molar-refractivity contribution < 1.29 is 13.2 Å². The highest BCUT2D eigenvalue weighted by molar-refractivity contribution is 9.10. The predicted molar refractivity (Wildman–Crippen MR) is 103 cm³/mol. The second-order valence-corrected chi connectivity index (χ2v) is 8.49. The van der Waals surface area contributed by atoms with Gasteiger partial charge in [-0.3, -0.25) is 9.52 Å². The van der Waals surface area contributed by atoms with E-state index < -0.39 is 10.0 Å². The highest BCUT2D eigenvalue weighted by Crippen LogP contribution is 2.17. The summed E-state index contributed by atoms with van der Waals surface area (Å²) in [5.74, 6) is -0.217. The van der Waals surface area contributed by atoms with Crippen LogP contribution in [-0.4, -0.2) is 30.0 Å². The predicted octanol–water partition coefficient (Wildman–Crippen LogP) is 2.33. The lowest BCUT2D eigenvalue weighted by atomic mass is 10.1. The normalized spacial score (nSPS) is 11.5. The molecule has 0 bridgehead atoms. The van der Waals surface area contributed by atoms with Crippen molar-refractivity contribution in [2.45, 2.75) is 13.0 Å². The monoisotopic (exact) mass is 436 g/mol. The van der Waals surface area contributed by atoms with Gasteiger partial charge in [0.2, 0.25) is 15.9 Å². The van der Waals surface area contributed by atoms with Crippen molar-refractivity contribution in [1.82, 2.24) is 14.7 Å². The minimum absolute atomic E-state index is 0.0671. The molecule has 0 atom stereocenters. The van der Waals surface area contributed by atoms with Crippen molar-refractivity contribution in [2.75, 3.05) is 11.0 Å². The summed E-state index contributed by atoms with van der Waals surface area (Å²) in [4.78, 5) is 16.7. The summed E-state index contributed by atoms with van der Waals surface area (Å²) in [6.45, 7) is 0.291. The molecule has 0 spiro atoms. The van der Waals surface area contributed by atoms with Gasteiger partial charge in [-0.15, -0.1) is 0 Å². The maximum Gasteiger partial charge on any atom is 0.229 e. The van der Waals surface area contributed by atoms with E-state index in [1.165, 1.54) is 0 Å². The van der Waals surface area contributed by atoms with Gasteiger partial charge in [-0.1, -0.05) is 18.2 Å². The van der Waals surface area contributed by atoms with Gasteiger partial charge in [0.25, 0.3) is 0 Å².